The second-order valence-electron chi connectivity index (χ2n) is 3.50. The van der Waals surface area contributed by atoms with Crippen molar-refractivity contribution in [2.75, 3.05) is 0 Å². The molecular weight excluding hydrogens is 352 g/mol. The average molecular weight is 355 g/mol. The molecule has 0 radical (unpaired) electrons. The van der Waals surface area contributed by atoms with E-state index in [9.17, 15) is 44.9 Å². The Kier molecular flexibility index (Phi) is 4.26. The van der Waals surface area contributed by atoms with E-state index in [0.717, 1.165) is 0 Å². The zero-order valence-electron chi connectivity index (χ0n) is 9.77. The van der Waals surface area contributed by atoms with Gasteiger partial charge in [0.25, 0.3) is 0 Å². The normalized spacial score (nSPS) is 13.0. The zero-order valence-corrected chi connectivity index (χ0v) is 10.6. The van der Waals surface area contributed by atoms with Crippen LogP contribution in [0, 0.1) is 10.1 Å². The topological polar surface area (TPSA) is 125 Å². The maximum atomic E-state index is 12.6. The third kappa shape index (κ3) is 3.94. The molecule has 124 valence electrons. The zero-order chi connectivity index (χ0) is 17.5. The maximum absolute atomic E-state index is 12.6. The van der Waals surface area contributed by atoms with Crippen LogP contribution in [0.4, 0.5) is 32.0 Å². The first kappa shape index (κ1) is 17.9. The van der Waals surface area contributed by atoms with Gasteiger partial charge in [-0.2, -0.15) is 13.2 Å². The molecule has 2 N–H and O–H groups in total. The quantitative estimate of drug-likeness (QED) is 0.498. The number of sulfonamides is 1. The van der Waals surface area contributed by atoms with E-state index in [4.69, 9.17) is 0 Å². The highest BCUT2D eigenvalue weighted by atomic mass is 32.2. The number of rotatable bonds is 3. The fourth-order valence-electron chi connectivity index (χ4n) is 1.28. The van der Waals surface area contributed by atoms with Crippen molar-refractivity contribution < 1.29 is 44.4 Å². The summed E-state index contributed by atoms with van der Waals surface area (Å²) in [5.41, 5.74) is -4.13. The number of alkyl halides is 6. The Hall–Kier alpha value is -2.16. The van der Waals surface area contributed by atoms with Crippen molar-refractivity contribution in [1.29, 1.82) is 0 Å². The lowest BCUT2D eigenvalue weighted by Gasteiger charge is -2.16. The minimum atomic E-state index is -5.78. The lowest BCUT2D eigenvalue weighted by atomic mass is 10.3. The van der Waals surface area contributed by atoms with Gasteiger partial charge in [-0.15, -0.1) is 13.2 Å². The van der Waals surface area contributed by atoms with Crippen LogP contribution in [0.25, 0.3) is 0 Å². The number of pyridine rings is 1. The molecule has 22 heavy (non-hydrogen) atoms. The minimum Gasteiger partial charge on any atom is -0.402 e. The number of nitrogens with zero attached hydrogens (tertiary/aromatic N) is 2. The van der Waals surface area contributed by atoms with Gasteiger partial charge in [-0.05, 0) is 0 Å². The number of nitrogens with two attached hydrogens (primary N) is 1. The third-order valence-electron chi connectivity index (χ3n) is 1.94. The molecule has 1 heterocycles. The first-order chi connectivity index (χ1) is 9.64. The second kappa shape index (κ2) is 5.24. The molecule has 1 rings (SSSR count). The predicted octanol–water partition coefficient (Wildman–Crippen LogP) is 1.55. The van der Waals surface area contributed by atoms with Crippen LogP contribution in [0.15, 0.2) is 11.1 Å². The SMILES string of the molecule is NS(=O)(=O)c1c([N+](=O)[O-])cnc(C(F)(F)F)c1OC(F)(F)F. The summed E-state index contributed by atoms with van der Waals surface area (Å²) in [6, 6.07) is 0. The fraction of sp³-hybridized carbons (Fsp3) is 0.286. The van der Waals surface area contributed by atoms with E-state index < -0.39 is 49.5 Å². The molecule has 0 amide bonds. The molecule has 0 aliphatic heterocycles. The summed E-state index contributed by atoms with van der Waals surface area (Å²) in [6.45, 7) is 0. The number of hydrogen-bond donors (Lipinski definition) is 1. The van der Waals surface area contributed by atoms with Gasteiger partial charge < -0.3 is 4.74 Å². The number of primary sulfonamides is 1. The van der Waals surface area contributed by atoms with Crippen LogP contribution in [-0.4, -0.2) is 24.7 Å². The maximum Gasteiger partial charge on any atom is 0.573 e. The predicted molar refractivity (Wildman–Crippen MR) is 53.9 cm³/mol. The Labute approximate surface area is 116 Å². The molecular formula is C7H3F6N3O5S. The van der Waals surface area contributed by atoms with Crippen molar-refractivity contribution in [2.45, 2.75) is 17.4 Å². The number of halogens is 6. The van der Waals surface area contributed by atoms with E-state index in [1.54, 1.807) is 0 Å². The van der Waals surface area contributed by atoms with Crippen LogP contribution < -0.4 is 9.88 Å². The van der Waals surface area contributed by atoms with E-state index in [-0.39, 0.29) is 6.20 Å². The van der Waals surface area contributed by atoms with Crippen molar-refractivity contribution in [2.24, 2.45) is 5.14 Å². The first-order valence-corrected chi connectivity index (χ1v) is 6.22. The third-order valence-corrected chi connectivity index (χ3v) is 2.90. The van der Waals surface area contributed by atoms with Gasteiger partial charge in [0.15, 0.2) is 11.4 Å². The summed E-state index contributed by atoms with van der Waals surface area (Å²) < 4.78 is 99.7. The molecule has 1 aromatic heterocycles. The van der Waals surface area contributed by atoms with Gasteiger partial charge in [0.05, 0.1) is 4.92 Å². The summed E-state index contributed by atoms with van der Waals surface area (Å²) in [4.78, 5) is 9.33. The molecule has 0 aromatic carbocycles. The van der Waals surface area contributed by atoms with Crippen LogP contribution in [0.1, 0.15) is 5.69 Å². The Morgan fingerprint density at radius 2 is 1.73 bits per heavy atom. The van der Waals surface area contributed by atoms with Crippen LogP contribution in [-0.2, 0) is 16.2 Å². The summed E-state index contributed by atoms with van der Waals surface area (Å²) in [5.74, 6) is -2.42. The molecule has 0 spiro atoms. The molecule has 0 saturated carbocycles. The average Bonchev–Trinajstić information content (AvgIpc) is 2.22. The summed E-state index contributed by atoms with van der Waals surface area (Å²) in [5, 5.41) is 15.0. The van der Waals surface area contributed by atoms with E-state index in [2.05, 4.69) is 14.9 Å². The molecule has 1 aromatic rings. The van der Waals surface area contributed by atoms with Crippen molar-refractivity contribution in [3.8, 4) is 5.75 Å². The van der Waals surface area contributed by atoms with Crippen molar-refractivity contribution in [3.05, 3.63) is 22.0 Å². The summed E-state index contributed by atoms with van der Waals surface area (Å²) >= 11 is 0. The Morgan fingerprint density at radius 3 is 2.05 bits per heavy atom. The van der Waals surface area contributed by atoms with Gasteiger partial charge in [-0.25, -0.2) is 18.5 Å². The van der Waals surface area contributed by atoms with Crippen LogP contribution >= 0.6 is 0 Å². The highest BCUT2D eigenvalue weighted by Gasteiger charge is 2.46. The number of aromatic nitrogens is 1. The number of hydrogen-bond acceptors (Lipinski definition) is 6. The second-order valence-corrected chi connectivity index (χ2v) is 5.00. The monoisotopic (exact) mass is 355 g/mol. The highest BCUT2D eigenvalue weighted by Crippen LogP contribution is 2.43. The molecule has 15 heteroatoms. The molecule has 0 unspecified atom stereocenters. The largest absolute Gasteiger partial charge is 0.573 e. The van der Waals surface area contributed by atoms with Gasteiger partial charge in [-0.1, -0.05) is 0 Å². The van der Waals surface area contributed by atoms with Gasteiger partial charge in [0.1, 0.15) is 6.20 Å². The number of nitro groups is 1. The van der Waals surface area contributed by atoms with Crippen LogP contribution in [0.3, 0.4) is 0 Å². The standard InChI is InChI=1S/C7H3F6N3O5S/c8-6(9,10)5-3(21-7(11,12)13)4(22(14,19)20)2(1-15-5)16(17)18/h1H,(H2,14,19,20). The van der Waals surface area contributed by atoms with E-state index in [1.807, 2.05) is 0 Å². The van der Waals surface area contributed by atoms with E-state index >= 15 is 0 Å². The Morgan fingerprint density at radius 1 is 1.23 bits per heavy atom. The van der Waals surface area contributed by atoms with Gasteiger partial charge in [-0.3, -0.25) is 10.1 Å². The molecule has 0 aliphatic rings. The summed E-state index contributed by atoms with van der Waals surface area (Å²) in [7, 11) is -5.37. The van der Waals surface area contributed by atoms with Gasteiger partial charge in [0.2, 0.25) is 14.9 Å². The Bertz CT molecular complexity index is 713. The first-order valence-electron chi connectivity index (χ1n) is 4.67. The van der Waals surface area contributed by atoms with Crippen molar-refractivity contribution >= 4 is 15.7 Å². The molecule has 0 atom stereocenters. The fourth-order valence-corrected chi connectivity index (χ4v) is 2.10. The smallest absolute Gasteiger partial charge is 0.402 e. The van der Waals surface area contributed by atoms with Gasteiger partial charge in [0, 0.05) is 0 Å². The highest BCUT2D eigenvalue weighted by molar-refractivity contribution is 7.89. The lowest BCUT2D eigenvalue weighted by Crippen LogP contribution is -2.25. The van der Waals surface area contributed by atoms with Crippen molar-refractivity contribution in [1.82, 2.24) is 4.98 Å². The van der Waals surface area contributed by atoms with Gasteiger partial charge >= 0.3 is 18.2 Å². The van der Waals surface area contributed by atoms with E-state index in [1.165, 1.54) is 0 Å². The van der Waals surface area contributed by atoms with E-state index in [0.29, 0.717) is 0 Å². The van der Waals surface area contributed by atoms with Crippen LogP contribution in [0.5, 0.6) is 5.75 Å². The molecule has 8 nitrogen and oxygen atoms in total. The molecule has 0 fully saturated rings. The molecule has 0 aliphatic carbocycles. The number of ether oxygens (including phenoxy) is 1. The Balaban J connectivity index is 3.92. The van der Waals surface area contributed by atoms with Crippen LogP contribution in [0.2, 0.25) is 0 Å². The summed E-state index contributed by atoms with van der Waals surface area (Å²) in [6.07, 6.45) is -11.6. The molecule has 0 saturated heterocycles. The lowest BCUT2D eigenvalue weighted by molar-refractivity contribution is -0.388. The minimum absolute atomic E-state index is 0.189. The van der Waals surface area contributed by atoms with Crippen molar-refractivity contribution in [3.63, 3.8) is 0 Å². The molecule has 0 bridgehead atoms.